The van der Waals surface area contributed by atoms with Crippen molar-refractivity contribution in [2.75, 3.05) is 4.31 Å². The first-order valence-electron chi connectivity index (χ1n) is 10.1. The fourth-order valence-corrected chi connectivity index (χ4v) is 6.20. The molecule has 0 atom stereocenters. The van der Waals surface area contributed by atoms with Crippen LogP contribution >= 0.6 is 11.3 Å². The molecule has 0 fully saturated rings. The maximum Gasteiger partial charge on any atom is 0.416 e. The zero-order valence-corrected chi connectivity index (χ0v) is 20.1. The van der Waals surface area contributed by atoms with Crippen molar-refractivity contribution in [2.24, 2.45) is 0 Å². The van der Waals surface area contributed by atoms with E-state index in [1.54, 1.807) is 26.2 Å². The number of thiophene rings is 1. The van der Waals surface area contributed by atoms with Crippen LogP contribution in [-0.2, 0) is 22.8 Å². The summed E-state index contributed by atoms with van der Waals surface area (Å²) in [7, 11) is -4.08. The van der Waals surface area contributed by atoms with Crippen LogP contribution in [-0.4, -0.2) is 25.5 Å². The van der Waals surface area contributed by atoms with Gasteiger partial charge in [-0.3, -0.25) is 4.31 Å². The Morgan fingerprint density at radius 2 is 1.76 bits per heavy atom. The van der Waals surface area contributed by atoms with Gasteiger partial charge in [0.25, 0.3) is 10.0 Å². The molecule has 3 aromatic rings. The lowest BCUT2D eigenvalue weighted by molar-refractivity contribution is -0.137. The number of hydrogen-bond acceptors (Lipinski definition) is 5. The average molecular weight is 514 g/mol. The Labute approximate surface area is 199 Å². The number of sulfonamides is 1. The van der Waals surface area contributed by atoms with Gasteiger partial charge in [0.15, 0.2) is 0 Å². The van der Waals surface area contributed by atoms with E-state index < -0.39 is 33.8 Å². The molecule has 0 bridgehead atoms. The van der Waals surface area contributed by atoms with Gasteiger partial charge in [-0.15, -0.1) is 11.3 Å². The minimum atomic E-state index is -4.66. The normalized spacial score (nSPS) is 12.1. The second-order valence-corrected chi connectivity index (χ2v) is 10.8. The minimum Gasteiger partial charge on any atom is -0.487 e. The number of ether oxygens (including phenoxy) is 1. The van der Waals surface area contributed by atoms with Gasteiger partial charge in [-0.2, -0.15) is 13.2 Å². The lowest BCUT2D eigenvalue weighted by Crippen LogP contribution is -2.37. The summed E-state index contributed by atoms with van der Waals surface area (Å²) in [5.74, 6) is -1.38. The molecule has 0 aliphatic rings. The zero-order chi connectivity index (χ0) is 25.3. The molecular formula is C23H22F3NO5S2. The Bertz CT molecular complexity index is 1280. The van der Waals surface area contributed by atoms with E-state index in [0.717, 1.165) is 39.4 Å². The monoisotopic (exact) mass is 513 g/mol. The zero-order valence-electron chi connectivity index (χ0n) is 18.5. The lowest BCUT2D eigenvalue weighted by Gasteiger charge is -2.29. The summed E-state index contributed by atoms with van der Waals surface area (Å²) in [6, 6.07) is 9.19. The first kappa shape index (κ1) is 25.6. The van der Waals surface area contributed by atoms with E-state index in [-0.39, 0.29) is 27.8 Å². The molecule has 0 aliphatic carbocycles. The number of carboxylic acid groups (broad SMARTS) is 1. The number of aryl methyl sites for hydroxylation is 1. The number of rotatable bonds is 8. The molecule has 0 amide bonds. The van der Waals surface area contributed by atoms with Gasteiger partial charge < -0.3 is 9.84 Å². The molecule has 6 nitrogen and oxygen atoms in total. The summed E-state index contributed by atoms with van der Waals surface area (Å²) in [6.07, 6.45) is -4.66. The average Bonchev–Trinajstić information content (AvgIpc) is 3.19. The third-order valence-corrected chi connectivity index (χ3v) is 8.33. The fourth-order valence-electron chi connectivity index (χ4n) is 3.22. The van der Waals surface area contributed by atoms with E-state index in [4.69, 9.17) is 9.84 Å². The van der Waals surface area contributed by atoms with Gasteiger partial charge in [-0.1, -0.05) is 12.1 Å². The highest BCUT2D eigenvalue weighted by atomic mass is 32.2. The molecule has 182 valence electrons. The Kier molecular flexibility index (Phi) is 7.27. The quantitative estimate of drug-likeness (QED) is 0.402. The third kappa shape index (κ3) is 5.53. The molecule has 0 saturated heterocycles. The van der Waals surface area contributed by atoms with Gasteiger partial charge in [0.2, 0.25) is 0 Å². The van der Waals surface area contributed by atoms with Crippen molar-refractivity contribution in [3.05, 3.63) is 76.2 Å². The molecule has 0 unspecified atom stereocenters. The molecule has 0 aliphatic heterocycles. The van der Waals surface area contributed by atoms with E-state index in [1.807, 2.05) is 0 Å². The largest absolute Gasteiger partial charge is 0.487 e. The molecule has 0 radical (unpaired) electrons. The number of hydrogen-bond donors (Lipinski definition) is 1. The van der Waals surface area contributed by atoms with Crippen LogP contribution < -0.4 is 9.04 Å². The predicted molar refractivity (Wildman–Crippen MR) is 123 cm³/mol. The molecule has 0 spiro atoms. The van der Waals surface area contributed by atoms with Gasteiger partial charge in [0, 0.05) is 6.04 Å². The Balaban J connectivity index is 2.05. The summed E-state index contributed by atoms with van der Waals surface area (Å²) in [6.45, 7) is 4.78. The summed E-state index contributed by atoms with van der Waals surface area (Å²) in [5, 5.41) is 10.7. The summed E-state index contributed by atoms with van der Waals surface area (Å²) >= 11 is 1.03. The van der Waals surface area contributed by atoms with Crippen molar-refractivity contribution in [1.29, 1.82) is 0 Å². The van der Waals surface area contributed by atoms with Crippen LogP contribution in [0.2, 0.25) is 0 Å². The van der Waals surface area contributed by atoms with Crippen molar-refractivity contribution in [3.8, 4) is 5.75 Å². The first-order valence-corrected chi connectivity index (χ1v) is 12.4. The van der Waals surface area contributed by atoms with Crippen LogP contribution in [0.5, 0.6) is 5.75 Å². The number of halogens is 3. The first-order chi connectivity index (χ1) is 15.8. The van der Waals surface area contributed by atoms with Crippen LogP contribution in [0.3, 0.4) is 0 Å². The second-order valence-electron chi connectivity index (χ2n) is 7.81. The Morgan fingerprint density at radius 1 is 1.12 bits per heavy atom. The molecular weight excluding hydrogens is 491 g/mol. The fraction of sp³-hybridized carbons (Fsp3) is 0.261. The number of carbonyl (C=O) groups is 1. The minimum absolute atomic E-state index is 0.0313. The maximum atomic E-state index is 13.4. The van der Waals surface area contributed by atoms with Crippen molar-refractivity contribution in [1.82, 2.24) is 0 Å². The van der Waals surface area contributed by atoms with Crippen LogP contribution in [0, 0.1) is 6.92 Å². The molecule has 0 saturated carbocycles. The van der Waals surface area contributed by atoms with Crippen molar-refractivity contribution in [2.45, 2.75) is 43.8 Å². The summed E-state index contributed by atoms with van der Waals surface area (Å²) in [4.78, 5) is 11.0. The van der Waals surface area contributed by atoms with E-state index in [0.29, 0.717) is 5.56 Å². The highest BCUT2D eigenvalue weighted by molar-refractivity contribution is 7.94. The summed E-state index contributed by atoms with van der Waals surface area (Å²) < 4.78 is 73.8. The third-order valence-electron chi connectivity index (χ3n) is 4.81. The highest BCUT2D eigenvalue weighted by Gasteiger charge is 2.35. The van der Waals surface area contributed by atoms with Gasteiger partial charge in [0.05, 0.1) is 16.8 Å². The van der Waals surface area contributed by atoms with Crippen molar-refractivity contribution in [3.63, 3.8) is 0 Å². The van der Waals surface area contributed by atoms with Crippen LogP contribution in [0.15, 0.2) is 58.1 Å². The molecule has 34 heavy (non-hydrogen) atoms. The molecule has 1 aromatic heterocycles. The predicted octanol–water partition coefficient (Wildman–Crippen LogP) is 5.96. The number of carboxylic acids is 1. The number of alkyl halides is 3. The second kappa shape index (κ2) is 9.67. The standard InChI is InChI=1S/C23H22F3NO5S2/c1-14(2)27(34(30,31)21-10-15(3)13-33-21)19-9-8-18(23(24,25)26)11-20(19)32-12-16-4-6-17(7-5-16)22(28)29/h4-11,13-14H,12H2,1-3H3,(H,28,29). The Morgan fingerprint density at radius 3 is 2.26 bits per heavy atom. The Hall–Kier alpha value is -3.05. The smallest absolute Gasteiger partial charge is 0.416 e. The van der Waals surface area contributed by atoms with Crippen molar-refractivity contribution < 1.29 is 36.2 Å². The van der Waals surface area contributed by atoms with E-state index in [1.165, 1.54) is 30.3 Å². The molecule has 1 N–H and O–H groups in total. The lowest BCUT2D eigenvalue weighted by atomic mass is 10.1. The van der Waals surface area contributed by atoms with Gasteiger partial charge >= 0.3 is 12.1 Å². The molecule has 3 rings (SSSR count). The van der Waals surface area contributed by atoms with Gasteiger partial charge in [-0.05, 0) is 73.7 Å². The molecule has 2 aromatic carbocycles. The van der Waals surface area contributed by atoms with E-state index in [9.17, 15) is 26.4 Å². The van der Waals surface area contributed by atoms with Crippen LogP contribution in [0.25, 0.3) is 0 Å². The van der Waals surface area contributed by atoms with Gasteiger partial charge in [-0.25, -0.2) is 13.2 Å². The van der Waals surface area contributed by atoms with E-state index in [2.05, 4.69) is 0 Å². The molecule has 11 heteroatoms. The molecule has 1 heterocycles. The summed E-state index contributed by atoms with van der Waals surface area (Å²) in [5.41, 5.74) is 0.283. The SMILES string of the molecule is Cc1csc(S(=O)(=O)N(c2ccc(C(F)(F)F)cc2OCc2ccc(C(=O)O)cc2)C(C)C)c1. The van der Waals surface area contributed by atoms with E-state index >= 15 is 0 Å². The number of anilines is 1. The number of aromatic carboxylic acids is 1. The number of nitrogens with zero attached hydrogens (tertiary/aromatic N) is 1. The highest BCUT2D eigenvalue weighted by Crippen LogP contribution is 2.40. The number of benzene rings is 2. The maximum absolute atomic E-state index is 13.4. The van der Waals surface area contributed by atoms with Crippen LogP contribution in [0.1, 0.15) is 40.9 Å². The topological polar surface area (TPSA) is 83.9 Å². The van der Waals surface area contributed by atoms with Crippen molar-refractivity contribution >= 4 is 33.0 Å². The van der Waals surface area contributed by atoms with Crippen LogP contribution in [0.4, 0.5) is 18.9 Å². The van der Waals surface area contributed by atoms with Gasteiger partial charge in [0.1, 0.15) is 16.6 Å².